The number of aromatic nitrogens is 4. The van der Waals surface area contributed by atoms with Crippen molar-refractivity contribution in [3.63, 3.8) is 0 Å². The van der Waals surface area contributed by atoms with E-state index in [-0.39, 0.29) is 0 Å². The maximum atomic E-state index is 4.87. The molecule has 1 aromatic heterocycles. The standard InChI is InChI=1S/C4H8N4S/c1-3-8-4(9)5-7(2)6-8/h3H2,1-2H3/p+1. The van der Waals surface area contributed by atoms with Crippen molar-refractivity contribution in [1.29, 1.82) is 0 Å². The lowest BCUT2D eigenvalue weighted by atomic mass is 10.8. The van der Waals surface area contributed by atoms with Gasteiger partial charge in [0.05, 0.1) is 0 Å². The molecule has 50 valence electrons. The van der Waals surface area contributed by atoms with Gasteiger partial charge in [-0.2, -0.15) is 0 Å². The van der Waals surface area contributed by atoms with Crippen LogP contribution in [-0.4, -0.2) is 15.0 Å². The monoisotopic (exact) mass is 145 g/mol. The van der Waals surface area contributed by atoms with E-state index in [0.717, 1.165) is 6.54 Å². The molecule has 0 aliphatic rings. The van der Waals surface area contributed by atoms with Gasteiger partial charge in [-0.05, 0) is 24.2 Å². The molecule has 0 radical (unpaired) electrons. The number of aryl methyl sites for hydroxylation is 2. The minimum atomic E-state index is 0.597. The van der Waals surface area contributed by atoms with Crippen LogP contribution in [-0.2, 0) is 13.6 Å². The summed E-state index contributed by atoms with van der Waals surface area (Å²) in [6, 6.07) is 0. The van der Waals surface area contributed by atoms with Crippen LogP contribution in [0.25, 0.3) is 0 Å². The normalized spacial score (nSPS) is 10.0. The average molecular weight is 145 g/mol. The molecule has 5 heteroatoms. The molecule has 1 N–H and O–H groups in total. The molecule has 0 aliphatic heterocycles. The number of hydrogen-bond donors (Lipinski definition) is 1. The van der Waals surface area contributed by atoms with Crippen LogP contribution < -0.4 is 4.80 Å². The summed E-state index contributed by atoms with van der Waals surface area (Å²) in [4.78, 5) is 1.59. The predicted molar refractivity (Wildman–Crippen MR) is 34.3 cm³/mol. The summed E-state index contributed by atoms with van der Waals surface area (Å²) in [6.45, 7) is 2.85. The highest BCUT2D eigenvalue weighted by Gasteiger charge is 1.99. The zero-order valence-electron chi connectivity index (χ0n) is 5.46. The van der Waals surface area contributed by atoms with Crippen LogP contribution >= 0.6 is 12.2 Å². The predicted octanol–water partition coefficient (Wildman–Crippen LogP) is -0.215. The summed E-state index contributed by atoms with van der Waals surface area (Å²) in [5, 5.41) is 6.83. The Labute approximate surface area is 58.1 Å². The lowest BCUT2D eigenvalue weighted by molar-refractivity contribution is -0.785. The van der Waals surface area contributed by atoms with Crippen LogP contribution in [0.15, 0.2) is 0 Å². The highest BCUT2D eigenvalue weighted by molar-refractivity contribution is 7.71. The maximum absolute atomic E-state index is 4.87. The summed E-state index contributed by atoms with van der Waals surface area (Å²) < 4.78 is 2.38. The lowest BCUT2D eigenvalue weighted by Crippen LogP contribution is -2.34. The lowest BCUT2D eigenvalue weighted by Gasteiger charge is -1.80. The first-order valence-corrected chi connectivity index (χ1v) is 3.18. The third-order valence-electron chi connectivity index (χ3n) is 1.05. The van der Waals surface area contributed by atoms with Gasteiger partial charge in [-0.15, -0.1) is 4.68 Å². The molecule has 0 amide bonds. The molecule has 0 saturated carbocycles. The van der Waals surface area contributed by atoms with E-state index >= 15 is 0 Å². The van der Waals surface area contributed by atoms with Crippen molar-refractivity contribution < 1.29 is 4.80 Å². The van der Waals surface area contributed by atoms with E-state index in [0.29, 0.717) is 4.77 Å². The maximum Gasteiger partial charge on any atom is 0.347 e. The Morgan fingerprint density at radius 1 is 1.89 bits per heavy atom. The second-order valence-electron chi connectivity index (χ2n) is 1.75. The average Bonchev–Trinajstić information content (AvgIpc) is 2.10. The van der Waals surface area contributed by atoms with Gasteiger partial charge in [-0.3, -0.25) is 0 Å². The van der Waals surface area contributed by atoms with Crippen LogP contribution in [0.4, 0.5) is 0 Å². The van der Waals surface area contributed by atoms with E-state index in [1.807, 2.05) is 14.0 Å². The fourth-order valence-corrected chi connectivity index (χ4v) is 0.921. The van der Waals surface area contributed by atoms with E-state index < -0.39 is 0 Å². The highest BCUT2D eigenvalue weighted by atomic mass is 32.1. The van der Waals surface area contributed by atoms with Crippen molar-refractivity contribution in [2.24, 2.45) is 7.05 Å². The second-order valence-corrected chi connectivity index (χ2v) is 2.12. The molecule has 0 spiro atoms. The third-order valence-corrected chi connectivity index (χ3v) is 1.35. The molecule has 9 heavy (non-hydrogen) atoms. The Morgan fingerprint density at radius 3 is 2.78 bits per heavy atom. The Balaban J connectivity index is 3.16. The molecular formula is C4H9N4S+. The zero-order valence-corrected chi connectivity index (χ0v) is 6.27. The zero-order chi connectivity index (χ0) is 6.85. The number of aromatic amines is 1. The molecule has 0 unspecified atom stereocenters. The van der Waals surface area contributed by atoms with E-state index in [1.54, 1.807) is 9.48 Å². The molecule has 0 bridgehead atoms. The molecule has 1 aromatic rings. The fourth-order valence-electron chi connectivity index (χ4n) is 0.628. The van der Waals surface area contributed by atoms with Crippen molar-refractivity contribution in [3.8, 4) is 0 Å². The Bertz CT molecular complexity index is 247. The van der Waals surface area contributed by atoms with Crippen molar-refractivity contribution >= 4 is 12.2 Å². The summed E-state index contributed by atoms with van der Waals surface area (Å²) in [6.07, 6.45) is 0. The first-order valence-electron chi connectivity index (χ1n) is 2.77. The fraction of sp³-hybridized carbons (Fsp3) is 0.750. The number of tetrazole rings is 1. The van der Waals surface area contributed by atoms with Crippen LogP contribution in [0.5, 0.6) is 0 Å². The van der Waals surface area contributed by atoms with Gasteiger partial charge in [0.2, 0.25) is 0 Å². The van der Waals surface area contributed by atoms with Crippen LogP contribution in [0.2, 0.25) is 0 Å². The van der Waals surface area contributed by atoms with E-state index in [4.69, 9.17) is 12.2 Å². The molecule has 1 rings (SSSR count). The van der Waals surface area contributed by atoms with Gasteiger partial charge in [0, 0.05) is 0 Å². The quantitative estimate of drug-likeness (QED) is 0.438. The van der Waals surface area contributed by atoms with Crippen LogP contribution in [0, 0.1) is 4.77 Å². The number of hydrogen-bond acceptors (Lipinski definition) is 2. The molecular weight excluding hydrogens is 136 g/mol. The topological polar surface area (TPSA) is 37.5 Å². The highest BCUT2D eigenvalue weighted by Crippen LogP contribution is 1.77. The van der Waals surface area contributed by atoms with Crippen LogP contribution in [0.3, 0.4) is 0 Å². The first kappa shape index (κ1) is 6.41. The molecule has 0 aromatic carbocycles. The third kappa shape index (κ3) is 1.16. The molecule has 4 nitrogen and oxygen atoms in total. The molecule has 0 aliphatic carbocycles. The Morgan fingerprint density at radius 2 is 2.56 bits per heavy atom. The number of H-pyrrole nitrogens is 1. The van der Waals surface area contributed by atoms with Gasteiger partial charge >= 0.3 is 4.77 Å². The van der Waals surface area contributed by atoms with E-state index in [1.165, 1.54) is 0 Å². The van der Waals surface area contributed by atoms with Crippen molar-refractivity contribution in [1.82, 2.24) is 15.0 Å². The largest absolute Gasteiger partial charge is 0.347 e. The summed E-state index contributed by atoms with van der Waals surface area (Å²) in [5.74, 6) is 0. The second kappa shape index (κ2) is 2.26. The summed E-state index contributed by atoms with van der Waals surface area (Å²) >= 11 is 4.87. The van der Waals surface area contributed by atoms with Crippen molar-refractivity contribution in [3.05, 3.63) is 4.77 Å². The van der Waals surface area contributed by atoms with Gasteiger partial charge in [0.1, 0.15) is 13.6 Å². The van der Waals surface area contributed by atoms with Gasteiger partial charge in [-0.25, -0.2) is 0 Å². The Kier molecular flexibility index (Phi) is 1.61. The molecule has 0 atom stereocenters. The minimum absolute atomic E-state index is 0.597. The Hall–Kier alpha value is -0.710. The minimum Gasteiger partial charge on any atom is -0.131 e. The molecule has 0 fully saturated rings. The SMILES string of the molecule is CCn1[nH][n+](C)nc1=S. The summed E-state index contributed by atoms with van der Waals surface area (Å²) in [7, 11) is 1.81. The number of rotatable bonds is 1. The van der Waals surface area contributed by atoms with Crippen molar-refractivity contribution in [2.75, 3.05) is 0 Å². The van der Waals surface area contributed by atoms with E-state index in [2.05, 4.69) is 10.3 Å². The van der Waals surface area contributed by atoms with E-state index in [9.17, 15) is 0 Å². The van der Waals surface area contributed by atoms with Gasteiger partial charge < -0.3 is 0 Å². The number of nitrogens with zero attached hydrogens (tertiary/aromatic N) is 3. The smallest absolute Gasteiger partial charge is 0.131 e. The van der Waals surface area contributed by atoms with Gasteiger partial charge in [-0.1, -0.05) is 10.0 Å². The van der Waals surface area contributed by atoms with Crippen LogP contribution in [0.1, 0.15) is 6.92 Å². The number of nitrogens with one attached hydrogen (secondary N) is 1. The van der Waals surface area contributed by atoms with Gasteiger partial charge in [0.25, 0.3) is 0 Å². The first-order chi connectivity index (χ1) is 4.24. The molecule has 1 heterocycles. The van der Waals surface area contributed by atoms with Crippen molar-refractivity contribution in [2.45, 2.75) is 13.5 Å². The van der Waals surface area contributed by atoms with Gasteiger partial charge in [0.15, 0.2) is 0 Å². The molecule has 0 saturated heterocycles. The summed E-state index contributed by atoms with van der Waals surface area (Å²) in [5.41, 5.74) is 0.